The number of aryl methyl sites for hydroxylation is 1. The molecule has 2 aromatic heterocycles. The van der Waals surface area contributed by atoms with E-state index in [4.69, 9.17) is 10.5 Å². The monoisotopic (exact) mass is 281 g/mol. The van der Waals surface area contributed by atoms with Crippen LogP contribution in [-0.2, 0) is 11.3 Å². The number of nitrogens with two attached hydrogens (primary N) is 1. The van der Waals surface area contributed by atoms with Gasteiger partial charge in [0.05, 0.1) is 11.3 Å². The van der Waals surface area contributed by atoms with Gasteiger partial charge in [-0.15, -0.1) is 0 Å². The fourth-order valence-electron chi connectivity index (χ4n) is 2.12. The number of benzene rings is 1. The van der Waals surface area contributed by atoms with Gasteiger partial charge in [-0.3, -0.25) is 0 Å². The van der Waals surface area contributed by atoms with E-state index in [1.807, 2.05) is 48.0 Å². The van der Waals surface area contributed by atoms with Gasteiger partial charge in [-0.25, -0.2) is 9.78 Å². The highest BCUT2D eigenvalue weighted by Gasteiger charge is 2.12. The Bertz CT molecular complexity index is 775. The molecule has 0 spiro atoms. The number of anilines is 1. The molecule has 0 atom stereocenters. The Morgan fingerprint density at radius 3 is 3.00 bits per heavy atom. The number of hydrogen-bond acceptors (Lipinski definition) is 4. The summed E-state index contributed by atoms with van der Waals surface area (Å²) in [4.78, 5) is 16.4. The van der Waals surface area contributed by atoms with Gasteiger partial charge in [0.15, 0.2) is 0 Å². The Balaban J connectivity index is 1.74. The van der Waals surface area contributed by atoms with Crippen molar-refractivity contribution in [3.8, 4) is 0 Å². The number of rotatable bonds is 3. The normalized spacial score (nSPS) is 10.7. The first-order chi connectivity index (χ1) is 10.1. The summed E-state index contributed by atoms with van der Waals surface area (Å²) in [5.74, 6) is -0.437. The van der Waals surface area contributed by atoms with Crippen molar-refractivity contribution in [2.24, 2.45) is 0 Å². The maximum Gasteiger partial charge on any atom is 0.340 e. The van der Waals surface area contributed by atoms with Gasteiger partial charge in [0, 0.05) is 18.1 Å². The number of carbonyl (C=O) groups excluding carboxylic acids is 1. The summed E-state index contributed by atoms with van der Waals surface area (Å²) in [6, 6.07) is 11.0. The maximum absolute atomic E-state index is 12.1. The first-order valence-corrected chi connectivity index (χ1v) is 6.59. The minimum Gasteiger partial charge on any atom is -0.455 e. The van der Waals surface area contributed by atoms with Gasteiger partial charge < -0.3 is 14.9 Å². The number of fused-ring (bicyclic) bond motifs is 1. The van der Waals surface area contributed by atoms with E-state index < -0.39 is 5.97 Å². The topological polar surface area (TPSA) is 69.6 Å². The highest BCUT2D eigenvalue weighted by atomic mass is 16.5. The standard InChI is InChI=1S/C16H15N3O2/c1-11-5-6-14(17)13(8-11)16(20)21-10-12-9-19-7-3-2-4-15(19)18-12/h2-9H,10,17H2,1H3. The van der Waals surface area contributed by atoms with E-state index in [1.54, 1.807) is 12.1 Å². The highest BCUT2D eigenvalue weighted by Crippen LogP contribution is 2.16. The minimum atomic E-state index is -0.437. The number of nitrogens with zero attached hydrogens (tertiary/aromatic N) is 2. The molecule has 3 rings (SSSR count). The van der Waals surface area contributed by atoms with Crippen LogP contribution in [0.25, 0.3) is 5.65 Å². The SMILES string of the molecule is Cc1ccc(N)c(C(=O)OCc2cn3ccccc3n2)c1. The lowest BCUT2D eigenvalue weighted by atomic mass is 10.1. The largest absolute Gasteiger partial charge is 0.455 e. The summed E-state index contributed by atoms with van der Waals surface area (Å²) in [5.41, 5.74) is 9.08. The second kappa shape index (κ2) is 5.28. The van der Waals surface area contributed by atoms with E-state index in [0.717, 1.165) is 11.2 Å². The quantitative estimate of drug-likeness (QED) is 0.591. The Kier molecular flexibility index (Phi) is 3.31. The van der Waals surface area contributed by atoms with Crippen LogP contribution in [0, 0.1) is 6.92 Å². The van der Waals surface area contributed by atoms with E-state index in [2.05, 4.69) is 4.98 Å². The molecular formula is C16H15N3O2. The molecular weight excluding hydrogens is 266 g/mol. The molecule has 5 heteroatoms. The molecule has 0 unspecified atom stereocenters. The molecule has 21 heavy (non-hydrogen) atoms. The summed E-state index contributed by atoms with van der Waals surface area (Å²) in [7, 11) is 0. The number of ether oxygens (including phenoxy) is 1. The third kappa shape index (κ3) is 2.72. The van der Waals surface area contributed by atoms with Crippen molar-refractivity contribution in [3.63, 3.8) is 0 Å². The fraction of sp³-hybridized carbons (Fsp3) is 0.125. The summed E-state index contributed by atoms with van der Waals surface area (Å²) in [6.45, 7) is 2.02. The van der Waals surface area contributed by atoms with E-state index in [-0.39, 0.29) is 6.61 Å². The van der Waals surface area contributed by atoms with E-state index in [0.29, 0.717) is 16.9 Å². The zero-order valence-electron chi connectivity index (χ0n) is 11.6. The van der Waals surface area contributed by atoms with Crippen molar-refractivity contribution in [2.45, 2.75) is 13.5 Å². The first-order valence-electron chi connectivity index (χ1n) is 6.59. The molecule has 2 N–H and O–H groups in total. The molecule has 0 radical (unpaired) electrons. The number of imidazole rings is 1. The van der Waals surface area contributed by atoms with Crippen LogP contribution < -0.4 is 5.73 Å². The summed E-state index contributed by atoms with van der Waals surface area (Å²) >= 11 is 0. The van der Waals surface area contributed by atoms with Crippen molar-refractivity contribution in [3.05, 3.63) is 65.6 Å². The van der Waals surface area contributed by atoms with Gasteiger partial charge in [0.1, 0.15) is 12.3 Å². The van der Waals surface area contributed by atoms with Crippen molar-refractivity contribution in [1.82, 2.24) is 9.38 Å². The Labute approximate surface area is 122 Å². The summed E-state index contributed by atoms with van der Waals surface area (Å²) < 4.78 is 7.16. The number of esters is 1. The molecule has 0 aliphatic carbocycles. The zero-order valence-corrected chi connectivity index (χ0v) is 11.6. The predicted octanol–water partition coefficient (Wildman–Crippen LogP) is 2.58. The zero-order chi connectivity index (χ0) is 14.8. The molecule has 1 aromatic carbocycles. The highest BCUT2D eigenvalue weighted by molar-refractivity contribution is 5.95. The van der Waals surface area contributed by atoms with Crippen LogP contribution in [0.5, 0.6) is 0 Å². The summed E-state index contributed by atoms with van der Waals surface area (Å²) in [5, 5.41) is 0. The van der Waals surface area contributed by atoms with Crippen LogP contribution in [-0.4, -0.2) is 15.4 Å². The molecule has 0 saturated carbocycles. The van der Waals surface area contributed by atoms with Crippen molar-refractivity contribution in [1.29, 1.82) is 0 Å². The molecule has 0 amide bonds. The lowest BCUT2D eigenvalue weighted by Gasteiger charge is -2.06. The van der Waals surface area contributed by atoms with Gasteiger partial charge in [-0.05, 0) is 31.2 Å². The minimum absolute atomic E-state index is 0.119. The van der Waals surface area contributed by atoms with E-state index >= 15 is 0 Å². The van der Waals surface area contributed by atoms with Crippen molar-refractivity contribution >= 4 is 17.3 Å². The molecule has 5 nitrogen and oxygen atoms in total. The van der Waals surface area contributed by atoms with Gasteiger partial charge in [-0.2, -0.15) is 0 Å². The van der Waals surface area contributed by atoms with Crippen LogP contribution in [0.1, 0.15) is 21.6 Å². The van der Waals surface area contributed by atoms with Crippen LogP contribution >= 0.6 is 0 Å². The van der Waals surface area contributed by atoms with Crippen molar-refractivity contribution < 1.29 is 9.53 Å². The molecule has 0 aliphatic rings. The number of carbonyl (C=O) groups is 1. The van der Waals surface area contributed by atoms with Crippen LogP contribution in [0.15, 0.2) is 48.8 Å². The van der Waals surface area contributed by atoms with Gasteiger partial charge in [0.2, 0.25) is 0 Å². The summed E-state index contributed by atoms with van der Waals surface area (Å²) in [6.07, 6.45) is 3.73. The lowest BCUT2D eigenvalue weighted by Crippen LogP contribution is -2.08. The second-order valence-corrected chi connectivity index (χ2v) is 4.87. The van der Waals surface area contributed by atoms with Gasteiger partial charge in [-0.1, -0.05) is 17.7 Å². The molecule has 2 heterocycles. The van der Waals surface area contributed by atoms with Gasteiger partial charge >= 0.3 is 5.97 Å². The predicted molar refractivity (Wildman–Crippen MR) is 79.9 cm³/mol. The Hall–Kier alpha value is -2.82. The van der Waals surface area contributed by atoms with Gasteiger partial charge in [0.25, 0.3) is 0 Å². The molecule has 0 bridgehead atoms. The number of nitrogen functional groups attached to an aromatic ring is 1. The first kappa shape index (κ1) is 13.2. The lowest BCUT2D eigenvalue weighted by molar-refractivity contribution is 0.0469. The third-order valence-corrected chi connectivity index (χ3v) is 3.19. The van der Waals surface area contributed by atoms with Crippen LogP contribution in [0.3, 0.4) is 0 Å². The number of pyridine rings is 1. The molecule has 0 aliphatic heterocycles. The van der Waals surface area contributed by atoms with Crippen molar-refractivity contribution in [2.75, 3.05) is 5.73 Å². The Morgan fingerprint density at radius 1 is 1.33 bits per heavy atom. The average Bonchev–Trinajstić information content (AvgIpc) is 2.90. The average molecular weight is 281 g/mol. The second-order valence-electron chi connectivity index (χ2n) is 4.87. The molecule has 0 saturated heterocycles. The fourth-order valence-corrected chi connectivity index (χ4v) is 2.12. The van der Waals surface area contributed by atoms with E-state index in [1.165, 1.54) is 0 Å². The Morgan fingerprint density at radius 2 is 2.19 bits per heavy atom. The van der Waals surface area contributed by atoms with Crippen LogP contribution in [0.2, 0.25) is 0 Å². The van der Waals surface area contributed by atoms with Crippen LogP contribution in [0.4, 0.5) is 5.69 Å². The molecule has 3 aromatic rings. The number of hydrogen-bond donors (Lipinski definition) is 1. The van der Waals surface area contributed by atoms with E-state index in [9.17, 15) is 4.79 Å². The third-order valence-electron chi connectivity index (χ3n) is 3.19. The number of aromatic nitrogens is 2. The smallest absolute Gasteiger partial charge is 0.340 e. The maximum atomic E-state index is 12.1. The molecule has 0 fully saturated rings. The molecule has 106 valence electrons.